The van der Waals surface area contributed by atoms with Gasteiger partial charge in [0.25, 0.3) is 5.91 Å². The Kier molecular flexibility index (Phi) is 15.3. The van der Waals surface area contributed by atoms with Crippen LogP contribution in [0.3, 0.4) is 0 Å². The number of nitrogens with two attached hydrogens (primary N) is 2. The van der Waals surface area contributed by atoms with Crippen LogP contribution in [0.25, 0.3) is 5.70 Å². The zero-order valence-electron chi connectivity index (χ0n) is 24.5. The minimum absolute atomic E-state index is 0.0497. The fraction of sp³-hybridized carbons (Fsp3) is 0.333. The van der Waals surface area contributed by atoms with E-state index < -0.39 is 11.7 Å². The third-order valence-electron chi connectivity index (χ3n) is 5.93. The van der Waals surface area contributed by atoms with Crippen LogP contribution in [0.5, 0.6) is 0 Å². The number of aliphatic imine (C=N–C) groups is 2. The normalized spacial score (nSPS) is 14.2. The van der Waals surface area contributed by atoms with Gasteiger partial charge in [-0.15, -0.1) is 11.6 Å². The molecule has 1 amide bonds. The second kappa shape index (κ2) is 17.8. The summed E-state index contributed by atoms with van der Waals surface area (Å²) in [4.78, 5) is 26.9. The number of nitrogens with zero attached hydrogens (tertiary/aromatic N) is 5. The van der Waals surface area contributed by atoms with E-state index in [9.17, 15) is 18.0 Å². The summed E-state index contributed by atoms with van der Waals surface area (Å²) < 4.78 is 38.4. The van der Waals surface area contributed by atoms with Crippen molar-refractivity contribution in [3.05, 3.63) is 89.7 Å². The molecule has 0 bridgehead atoms. The topological polar surface area (TPSA) is 115 Å². The molecule has 1 aromatic carbocycles. The molecule has 0 fully saturated rings. The molecule has 1 aromatic heterocycles. The number of amides is 1. The highest BCUT2D eigenvalue weighted by molar-refractivity contribution is 6.18. The Hall–Kier alpha value is -3.96. The first-order chi connectivity index (χ1) is 19.9. The predicted molar refractivity (Wildman–Crippen MR) is 167 cm³/mol. The van der Waals surface area contributed by atoms with Crippen LogP contribution in [0.1, 0.15) is 45.2 Å². The van der Waals surface area contributed by atoms with E-state index in [-0.39, 0.29) is 24.1 Å². The quantitative estimate of drug-likeness (QED) is 0.0895. The highest BCUT2D eigenvalue weighted by atomic mass is 35.5. The fourth-order valence-electron chi connectivity index (χ4n) is 3.81. The van der Waals surface area contributed by atoms with Crippen LogP contribution in [-0.4, -0.2) is 51.9 Å². The summed E-state index contributed by atoms with van der Waals surface area (Å²) in [6.07, 6.45) is 7.02. The summed E-state index contributed by atoms with van der Waals surface area (Å²) in [6, 6.07) is 3.48. The van der Waals surface area contributed by atoms with Gasteiger partial charge >= 0.3 is 6.18 Å². The standard InChI is InChI=1S/C20H24ClN5O.C8H9F3N2.C2H6/c1-5-17(26-11-9-23-14-26)7-6-15(2)20(27)25-10-8-19(22-4)18(12-25)16(3)24-13-21;9-8(10,11)6-1-5(4-12)2-7(13)3-6;1-2/h5-7,9,11,14H,2,4,8,10,12-13H2,1,3H3;1-3H,4,12-13H2;1-2H3/b7-6-,17-5+,24-16-;;. The molecule has 0 unspecified atom stereocenters. The first-order valence-electron chi connectivity index (χ1n) is 13.2. The van der Waals surface area contributed by atoms with Crippen molar-refractivity contribution in [2.24, 2.45) is 15.7 Å². The van der Waals surface area contributed by atoms with Gasteiger partial charge in [0.05, 0.1) is 11.9 Å². The van der Waals surface area contributed by atoms with E-state index in [1.165, 1.54) is 6.07 Å². The zero-order valence-corrected chi connectivity index (χ0v) is 25.2. The van der Waals surface area contributed by atoms with Crippen molar-refractivity contribution in [3.8, 4) is 0 Å². The maximum Gasteiger partial charge on any atom is 0.416 e. The van der Waals surface area contributed by atoms with Gasteiger partial charge in [0, 0.05) is 72.4 Å². The van der Waals surface area contributed by atoms with E-state index in [0.717, 1.165) is 34.8 Å². The molecule has 12 heteroatoms. The summed E-state index contributed by atoms with van der Waals surface area (Å²) in [5.41, 5.74) is 14.0. The van der Waals surface area contributed by atoms with Crippen molar-refractivity contribution in [1.82, 2.24) is 14.5 Å². The third kappa shape index (κ3) is 10.8. The lowest BCUT2D eigenvalue weighted by Crippen LogP contribution is -2.38. The molecule has 42 heavy (non-hydrogen) atoms. The summed E-state index contributed by atoms with van der Waals surface area (Å²) >= 11 is 5.71. The predicted octanol–water partition coefficient (Wildman–Crippen LogP) is 6.47. The van der Waals surface area contributed by atoms with E-state index in [0.29, 0.717) is 30.6 Å². The number of carbonyl (C=O) groups excluding carboxylic acids is 1. The number of allylic oxidation sites excluding steroid dienone is 3. The average molecular weight is 606 g/mol. The molecule has 0 atom stereocenters. The molecule has 4 N–H and O–H groups in total. The van der Waals surface area contributed by atoms with Crippen molar-refractivity contribution in [2.75, 3.05) is 24.8 Å². The smallest absolute Gasteiger partial charge is 0.399 e. The van der Waals surface area contributed by atoms with Gasteiger partial charge in [0.2, 0.25) is 0 Å². The van der Waals surface area contributed by atoms with Crippen LogP contribution in [0.15, 0.2) is 88.6 Å². The Bertz CT molecular complexity index is 1330. The van der Waals surface area contributed by atoms with Gasteiger partial charge in [0.1, 0.15) is 6.00 Å². The number of hydrogen-bond donors (Lipinski definition) is 2. The van der Waals surface area contributed by atoms with E-state index in [1.807, 2.05) is 50.6 Å². The lowest BCUT2D eigenvalue weighted by Gasteiger charge is -2.29. The average Bonchev–Trinajstić information content (AvgIpc) is 3.52. The summed E-state index contributed by atoms with van der Waals surface area (Å²) in [5, 5.41) is 0. The number of rotatable bonds is 8. The zero-order chi connectivity index (χ0) is 31.9. The number of nitrogen functional groups attached to an aromatic ring is 1. The monoisotopic (exact) mass is 605 g/mol. The molecule has 0 radical (unpaired) electrons. The number of halogens is 4. The molecule has 1 aliphatic heterocycles. The van der Waals surface area contributed by atoms with Gasteiger partial charge in [-0.05, 0) is 56.5 Å². The van der Waals surface area contributed by atoms with Gasteiger partial charge in [-0.1, -0.05) is 26.5 Å². The van der Waals surface area contributed by atoms with Gasteiger partial charge in [-0.2, -0.15) is 13.2 Å². The first-order valence-corrected chi connectivity index (χ1v) is 13.7. The molecule has 0 spiro atoms. The number of anilines is 1. The van der Waals surface area contributed by atoms with Gasteiger partial charge in [-0.3, -0.25) is 14.8 Å². The van der Waals surface area contributed by atoms with Crippen LogP contribution in [0, 0.1) is 0 Å². The van der Waals surface area contributed by atoms with Crippen molar-refractivity contribution in [3.63, 3.8) is 0 Å². The molecule has 8 nitrogen and oxygen atoms in total. The SMILES string of the molecule is C=NC1=C(/C(C)=N\CCl)CN(C(=O)C(=C)/C=C\C(=C/C)n2ccnc2)CC1.CC.NCc1cc(N)cc(C(F)(F)F)c1. The highest BCUT2D eigenvalue weighted by Gasteiger charge is 2.31. The van der Waals surface area contributed by atoms with E-state index >= 15 is 0 Å². The van der Waals surface area contributed by atoms with Gasteiger partial charge in [-0.25, -0.2) is 4.98 Å². The summed E-state index contributed by atoms with van der Waals surface area (Å²) in [5.74, 6) is -0.119. The Morgan fingerprint density at radius 2 is 1.93 bits per heavy atom. The number of imidazole rings is 1. The molecular weight excluding hydrogens is 567 g/mol. The van der Waals surface area contributed by atoms with Gasteiger partial charge in [0.15, 0.2) is 0 Å². The maximum atomic E-state index is 12.8. The highest BCUT2D eigenvalue weighted by Crippen LogP contribution is 2.31. The minimum atomic E-state index is -4.36. The van der Waals surface area contributed by atoms with Crippen molar-refractivity contribution in [1.29, 1.82) is 0 Å². The molecular formula is C30H39ClF3N7O. The number of aromatic nitrogens is 2. The van der Waals surface area contributed by atoms with Gasteiger partial charge < -0.3 is 20.9 Å². The molecule has 0 saturated carbocycles. The first kappa shape index (κ1) is 36.1. The molecule has 228 valence electrons. The second-order valence-corrected chi connectivity index (χ2v) is 8.87. The number of carbonyl (C=O) groups is 1. The number of alkyl halides is 4. The summed E-state index contributed by atoms with van der Waals surface area (Å²) in [6.45, 7) is 16.4. The van der Waals surface area contributed by atoms with Crippen LogP contribution in [0.4, 0.5) is 18.9 Å². The number of hydrogen-bond acceptors (Lipinski definition) is 6. The third-order valence-corrected chi connectivity index (χ3v) is 6.05. The lowest BCUT2D eigenvalue weighted by molar-refractivity contribution is -0.137. The lowest BCUT2D eigenvalue weighted by atomic mass is 10.0. The Labute approximate surface area is 250 Å². The Morgan fingerprint density at radius 1 is 1.24 bits per heavy atom. The fourth-order valence-corrected chi connectivity index (χ4v) is 3.99. The van der Waals surface area contributed by atoms with Crippen molar-refractivity contribution in [2.45, 2.75) is 46.8 Å². The van der Waals surface area contributed by atoms with Crippen LogP contribution >= 0.6 is 11.6 Å². The maximum absolute atomic E-state index is 12.8. The molecule has 1 aliphatic rings. The molecule has 0 saturated heterocycles. The Balaban J connectivity index is 0.000000491. The van der Waals surface area contributed by atoms with Crippen LogP contribution in [0.2, 0.25) is 0 Å². The Morgan fingerprint density at radius 3 is 2.45 bits per heavy atom. The van der Waals surface area contributed by atoms with E-state index in [4.69, 9.17) is 23.1 Å². The molecule has 2 heterocycles. The largest absolute Gasteiger partial charge is 0.416 e. The number of benzene rings is 1. The molecule has 0 aliphatic carbocycles. The molecule has 3 rings (SSSR count). The second-order valence-electron chi connectivity index (χ2n) is 8.63. The van der Waals surface area contributed by atoms with Crippen LogP contribution < -0.4 is 11.5 Å². The van der Waals surface area contributed by atoms with E-state index in [2.05, 4.69) is 28.3 Å². The molecule has 2 aromatic rings. The minimum Gasteiger partial charge on any atom is -0.399 e. The summed E-state index contributed by atoms with van der Waals surface area (Å²) in [7, 11) is 0. The van der Waals surface area contributed by atoms with Crippen molar-refractivity contribution < 1.29 is 18.0 Å². The van der Waals surface area contributed by atoms with Crippen LogP contribution in [-0.2, 0) is 17.5 Å². The van der Waals surface area contributed by atoms with Crippen molar-refractivity contribution >= 4 is 41.3 Å². The van der Waals surface area contributed by atoms with E-state index in [1.54, 1.807) is 23.5 Å².